The number of nitrogens with one attached hydrogen (secondary N) is 2. The lowest BCUT2D eigenvalue weighted by Gasteiger charge is -2.11. The number of halogens is 1. The lowest BCUT2D eigenvalue weighted by atomic mass is 10.2. The monoisotopic (exact) mass is 289 g/mol. The van der Waals surface area contributed by atoms with E-state index < -0.39 is 0 Å². The SMILES string of the molecule is CCNC(=NCc1cnn(C)c1)NCc1ccccc1F. The Hall–Kier alpha value is -2.37. The van der Waals surface area contributed by atoms with Gasteiger partial charge in [-0.2, -0.15) is 5.10 Å². The Kier molecular flexibility index (Phi) is 5.31. The maximum atomic E-state index is 13.6. The van der Waals surface area contributed by atoms with Gasteiger partial charge in [-0.05, 0) is 13.0 Å². The van der Waals surface area contributed by atoms with Gasteiger partial charge >= 0.3 is 0 Å². The first-order chi connectivity index (χ1) is 10.2. The van der Waals surface area contributed by atoms with Crippen LogP contribution in [0.25, 0.3) is 0 Å². The van der Waals surface area contributed by atoms with Crippen LogP contribution in [0.4, 0.5) is 4.39 Å². The molecular formula is C15H20FN5. The molecule has 0 amide bonds. The van der Waals surface area contributed by atoms with Gasteiger partial charge in [0.1, 0.15) is 5.82 Å². The van der Waals surface area contributed by atoms with E-state index in [2.05, 4.69) is 20.7 Å². The largest absolute Gasteiger partial charge is 0.357 e. The molecule has 0 saturated heterocycles. The fourth-order valence-corrected chi connectivity index (χ4v) is 1.89. The lowest BCUT2D eigenvalue weighted by Crippen LogP contribution is -2.37. The highest BCUT2D eigenvalue weighted by Crippen LogP contribution is 2.05. The van der Waals surface area contributed by atoms with Crippen LogP contribution in [-0.4, -0.2) is 22.3 Å². The van der Waals surface area contributed by atoms with Crippen molar-refractivity contribution < 1.29 is 4.39 Å². The van der Waals surface area contributed by atoms with Crippen molar-refractivity contribution >= 4 is 5.96 Å². The molecular weight excluding hydrogens is 269 g/mol. The van der Waals surface area contributed by atoms with E-state index in [9.17, 15) is 4.39 Å². The van der Waals surface area contributed by atoms with Crippen LogP contribution in [-0.2, 0) is 20.1 Å². The minimum absolute atomic E-state index is 0.215. The van der Waals surface area contributed by atoms with Crippen molar-refractivity contribution in [1.29, 1.82) is 0 Å². The van der Waals surface area contributed by atoms with Crippen LogP contribution in [0.15, 0.2) is 41.7 Å². The zero-order valence-corrected chi connectivity index (χ0v) is 12.3. The molecule has 1 aromatic heterocycles. The Balaban J connectivity index is 1.96. The highest BCUT2D eigenvalue weighted by Gasteiger charge is 2.03. The topological polar surface area (TPSA) is 54.2 Å². The second kappa shape index (κ2) is 7.42. The van der Waals surface area contributed by atoms with Crippen LogP contribution in [0.5, 0.6) is 0 Å². The van der Waals surface area contributed by atoms with Crippen LogP contribution in [0.3, 0.4) is 0 Å². The molecule has 1 aromatic carbocycles. The summed E-state index contributed by atoms with van der Waals surface area (Å²) in [6.45, 7) is 3.66. The predicted octanol–water partition coefficient (Wildman–Crippen LogP) is 1.81. The first-order valence-corrected chi connectivity index (χ1v) is 6.92. The third-order valence-corrected chi connectivity index (χ3v) is 2.93. The molecule has 1 heterocycles. The van der Waals surface area contributed by atoms with Crippen molar-refractivity contribution in [2.45, 2.75) is 20.0 Å². The molecule has 0 bridgehead atoms. The maximum absolute atomic E-state index is 13.6. The smallest absolute Gasteiger partial charge is 0.191 e. The molecule has 6 heteroatoms. The zero-order valence-electron chi connectivity index (χ0n) is 12.3. The summed E-state index contributed by atoms with van der Waals surface area (Å²) in [4.78, 5) is 4.46. The number of nitrogens with zero attached hydrogens (tertiary/aromatic N) is 3. The molecule has 0 unspecified atom stereocenters. The summed E-state index contributed by atoms with van der Waals surface area (Å²) in [5.74, 6) is 0.442. The molecule has 0 aliphatic rings. The van der Waals surface area contributed by atoms with Crippen molar-refractivity contribution in [3.05, 3.63) is 53.6 Å². The summed E-state index contributed by atoms with van der Waals surface area (Å²) < 4.78 is 15.3. The number of hydrogen-bond donors (Lipinski definition) is 2. The first-order valence-electron chi connectivity index (χ1n) is 6.92. The second-order valence-corrected chi connectivity index (χ2v) is 4.66. The van der Waals surface area contributed by atoms with Crippen LogP contribution >= 0.6 is 0 Å². The Morgan fingerprint density at radius 2 is 2.14 bits per heavy atom. The van der Waals surface area contributed by atoms with Crippen LogP contribution in [0, 0.1) is 5.82 Å². The van der Waals surface area contributed by atoms with Crippen molar-refractivity contribution in [2.24, 2.45) is 12.0 Å². The average molecular weight is 289 g/mol. The molecule has 0 aliphatic heterocycles. The van der Waals surface area contributed by atoms with Gasteiger partial charge in [0.15, 0.2) is 5.96 Å². The van der Waals surface area contributed by atoms with Crippen LogP contribution in [0.1, 0.15) is 18.1 Å². The Morgan fingerprint density at radius 3 is 2.81 bits per heavy atom. The number of rotatable bonds is 5. The molecule has 0 fully saturated rings. The minimum Gasteiger partial charge on any atom is -0.357 e. The van der Waals surface area contributed by atoms with E-state index in [1.54, 1.807) is 23.0 Å². The Morgan fingerprint density at radius 1 is 1.33 bits per heavy atom. The summed E-state index contributed by atoms with van der Waals surface area (Å²) in [6, 6.07) is 6.71. The van der Waals surface area contributed by atoms with E-state index >= 15 is 0 Å². The van der Waals surface area contributed by atoms with Gasteiger partial charge in [-0.3, -0.25) is 4.68 Å². The van der Waals surface area contributed by atoms with E-state index in [0.29, 0.717) is 24.6 Å². The standard InChI is InChI=1S/C15H20FN5/c1-3-17-15(18-8-12-9-20-21(2)11-12)19-10-13-6-4-5-7-14(13)16/h4-7,9,11H,3,8,10H2,1-2H3,(H2,17,18,19). The van der Waals surface area contributed by atoms with E-state index in [1.165, 1.54) is 6.07 Å². The van der Waals surface area contributed by atoms with Gasteiger partial charge in [0, 0.05) is 37.5 Å². The van der Waals surface area contributed by atoms with Crippen LogP contribution < -0.4 is 10.6 Å². The van der Waals surface area contributed by atoms with Gasteiger partial charge < -0.3 is 10.6 Å². The highest BCUT2D eigenvalue weighted by atomic mass is 19.1. The van der Waals surface area contributed by atoms with Gasteiger partial charge in [0.25, 0.3) is 0 Å². The second-order valence-electron chi connectivity index (χ2n) is 4.66. The van der Waals surface area contributed by atoms with Gasteiger partial charge in [0.2, 0.25) is 0 Å². The summed E-state index contributed by atoms with van der Waals surface area (Å²) in [7, 11) is 1.87. The molecule has 0 aliphatic carbocycles. The third kappa shape index (κ3) is 4.59. The summed E-state index contributed by atoms with van der Waals surface area (Å²) in [6.07, 6.45) is 3.70. The molecule has 2 rings (SSSR count). The van der Waals surface area contributed by atoms with Crippen molar-refractivity contribution in [2.75, 3.05) is 6.54 Å². The molecule has 2 aromatic rings. The fraction of sp³-hybridized carbons (Fsp3) is 0.333. The average Bonchev–Trinajstić information content (AvgIpc) is 2.89. The summed E-state index contributed by atoms with van der Waals surface area (Å²) >= 11 is 0. The normalized spacial score (nSPS) is 11.5. The number of hydrogen-bond acceptors (Lipinski definition) is 2. The lowest BCUT2D eigenvalue weighted by molar-refractivity contribution is 0.604. The van der Waals surface area contributed by atoms with Gasteiger partial charge in [-0.1, -0.05) is 18.2 Å². The molecule has 21 heavy (non-hydrogen) atoms. The molecule has 112 valence electrons. The fourth-order valence-electron chi connectivity index (χ4n) is 1.89. The van der Waals surface area contributed by atoms with E-state index in [0.717, 1.165) is 12.1 Å². The maximum Gasteiger partial charge on any atom is 0.191 e. The molecule has 0 saturated carbocycles. The highest BCUT2D eigenvalue weighted by molar-refractivity contribution is 5.79. The number of benzene rings is 1. The number of aryl methyl sites for hydroxylation is 1. The Labute approximate surface area is 123 Å². The van der Waals surface area contributed by atoms with Gasteiger partial charge in [0.05, 0.1) is 12.7 Å². The molecule has 0 atom stereocenters. The molecule has 0 radical (unpaired) electrons. The third-order valence-electron chi connectivity index (χ3n) is 2.93. The minimum atomic E-state index is -0.215. The molecule has 0 spiro atoms. The zero-order chi connectivity index (χ0) is 15.1. The van der Waals surface area contributed by atoms with Crippen LogP contribution in [0.2, 0.25) is 0 Å². The quantitative estimate of drug-likeness (QED) is 0.652. The van der Waals surface area contributed by atoms with Gasteiger partial charge in [-0.15, -0.1) is 0 Å². The number of aromatic nitrogens is 2. The molecule has 5 nitrogen and oxygen atoms in total. The van der Waals surface area contributed by atoms with Crippen molar-refractivity contribution in [3.63, 3.8) is 0 Å². The molecule has 2 N–H and O–H groups in total. The van der Waals surface area contributed by atoms with Gasteiger partial charge in [-0.25, -0.2) is 9.38 Å². The van der Waals surface area contributed by atoms with E-state index in [-0.39, 0.29) is 5.82 Å². The Bertz CT molecular complexity index is 606. The summed E-state index contributed by atoms with van der Waals surface area (Å²) in [5.41, 5.74) is 1.64. The number of aliphatic imine (C=N–C) groups is 1. The van der Waals surface area contributed by atoms with Crippen molar-refractivity contribution in [1.82, 2.24) is 20.4 Å². The van der Waals surface area contributed by atoms with E-state index in [1.807, 2.05) is 26.2 Å². The predicted molar refractivity (Wildman–Crippen MR) is 81.3 cm³/mol. The van der Waals surface area contributed by atoms with Crippen molar-refractivity contribution in [3.8, 4) is 0 Å². The van der Waals surface area contributed by atoms with E-state index in [4.69, 9.17) is 0 Å². The number of guanidine groups is 1. The first kappa shape index (κ1) is 15.0. The summed E-state index contributed by atoms with van der Waals surface area (Å²) in [5, 5.41) is 10.4.